The molecule has 0 aliphatic carbocycles. The Kier molecular flexibility index (Phi) is 5.86. The Morgan fingerprint density at radius 1 is 1.14 bits per heavy atom. The van der Waals surface area contributed by atoms with Crippen molar-refractivity contribution in [3.05, 3.63) is 77.9 Å². The molecule has 2 aromatic carbocycles. The number of hydrogen-bond acceptors (Lipinski definition) is 5. The van der Waals surface area contributed by atoms with Gasteiger partial charge in [0.1, 0.15) is 6.33 Å². The Bertz CT molecular complexity index is 1060. The summed E-state index contributed by atoms with van der Waals surface area (Å²) >= 11 is 0. The van der Waals surface area contributed by atoms with Gasteiger partial charge in [-0.2, -0.15) is 0 Å². The number of amides is 1. The largest absolute Gasteiger partial charge is 0.345 e. The maximum absolute atomic E-state index is 12.7. The molecule has 3 rings (SSSR count). The van der Waals surface area contributed by atoms with Gasteiger partial charge in [0.05, 0.1) is 11.4 Å². The summed E-state index contributed by atoms with van der Waals surface area (Å²) in [4.78, 5) is 12.4. The van der Waals surface area contributed by atoms with Crippen LogP contribution in [0.5, 0.6) is 0 Å². The second-order valence-electron chi connectivity index (χ2n) is 6.32. The molecule has 0 spiro atoms. The predicted molar refractivity (Wildman–Crippen MR) is 104 cm³/mol. The smallest absolute Gasteiger partial charge is 0.251 e. The summed E-state index contributed by atoms with van der Waals surface area (Å²) in [5.41, 5.74) is 1.10. The van der Waals surface area contributed by atoms with Crippen LogP contribution < -0.4 is 10.0 Å². The van der Waals surface area contributed by atoms with E-state index in [0.29, 0.717) is 5.82 Å². The SMILES string of the molecule is CC(NS(=O)(=O)c1cccc(C(=O)NCc2nncn2C)c1)c1ccccc1. The van der Waals surface area contributed by atoms with E-state index in [0.717, 1.165) is 5.56 Å². The lowest BCUT2D eigenvalue weighted by Gasteiger charge is -2.15. The van der Waals surface area contributed by atoms with Gasteiger partial charge in [0, 0.05) is 18.7 Å². The quantitative estimate of drug-likeness (QED) is 0.630. The van der Waals surface area contributed by atoms with Crippen LogP contribution in [0.1, 0.15) is 34.7 Å². The van der Waals surface area contributed by atoms with Crippen molar-refractivity contribution >= 4 is 15.9 Å². The molecule has 0 fully saturated rings. The standard InChI is InChI=1S/C19H21N5O3S/c1-14(15-7-4-3-5-8-15)23-28(26,27)17-10-6-9-16(11-17)19(25)20-12-18-22-21-13-24(18)2/h3-11,13-14,23H,12H2,1-2H3,(H,20,25). The van der Waals surface area contributed by atoms with E-state index in [1.54, 1.807) is 30.7 Å². The highest BCUT2D eigenvalue weighted by Crippen LogP contribution is 2.17. The summed E-state index contributed by atoms with van der Waals surface area (Å²) in [6, 6.07) is 14.8. The number of hydrogen-bond donors (Lipinski definition) is 2. The molecule has 1 aromatic heterocycles. The number of sulfonamides is 1. The fraction of sp³-hybridized carbons (Fsp3) is 0.211. The van der Waals surface area contributed by atoms with E-state index < -0.39 is 22.0 Å². The van der Waals surface area contributed by atoms with Crippen molar-refractivity contribution in [1.82, 2.24) is 24.8 Å². The Balaban J connectivity index is 1.72. The summed E-state index contributed by atoms with van der Waals surface area (Å²) < 4.78 is 29.8. The van der Waals surface area contributed by atoms with Crippen LogP contribution in [-0.4, -0.2) is 29.1 Å². The highest BCUT2D eigenvalue weighted by molar-refractivity contribution is 7.89. The Morgan fingerprint density at radius 2 is 1.89 bits per heavy atom. The minimum Gasteiger partial charge on any atom is -0.345 e. The molecule has 146 valence electrons. The van der Waals surface area contributed by atoms with Crippen molar-refractivity contribution in [2.75, 3.05) is 0 Å². The van der Waals surface area contributed by atoms with Crippen LogP contribution in [0.25, 0.3) is 0 Å². The number of carbonyl (C=O) groups is 1. The van der Waals surface area contributed by atoms with Crippen LogP contribution in [-0.2, 0) is 23.6 Å². The van der Waals surface area contributed by atoms with Gasteiger partial charge in [-0.25, -0.2) is 13.1 Å². The first-order valence-electron chi connectivity index (χ1n) is 8.65. The van der Waals surface area contributed by atoms with Gasteiger partial charge in [-0.1, -0.05) is 36.4 Å². The summed E-state index contributed by atoms with van der Waals surface area (Å²) in [7, 11) is -2.01. The third kappa shape index (κ3) is 4.62. The highest BCUT2D eigenvalue weighted by atomic mass is 32.2. The molecule has 1 atom stereocenters. The average Bonchev–Trinajstić information content (AvgIpc) is 3.11. The van der Waals surface area contributed by atoms with E-state index >= 15 is 0 Å². The first-order chi connectivity index (χ1) is 13.4. The molecule has 0 aliphatic heterocycles. The molecule has 1 amide bonds. The zero-order chi connectivity index (χ0) is 20.1. The lowest BCUT2D eigenvalue weighted by Crippen LogP contribution is -2.28. The predicted octanol–water partition coefficient (Wildman–Crippen LogP) is 1.78. The van der Waals surface area contributed by atoms with Crippen LogP contribution in [0.3, 0.4) is 0 Å². The van der Waals surface area contributed by atoms with E-state index in [9.17, 15) is 13.2 Å². The van der Waals surface area contributed by atoms with Gasteiger partial charge in [0.2, 0.25) is 10.0 Å². The van der Waals surface area contributed by atoms with Gasteiger partial charge >= 0.3 is 0 Å². The first kappa shape index (κ1) is 19.7. The lowest BCUT2D eigenvalue weighted by molar-refractivity contribution is 0.0949. The molecular formula is C19H21N5O3S. The van der Waals surface area contributed by atoms with E-state index in [1.807, 2.05) is 30.3 Å². The third-order valence-electron chi connectivity index (χ3n) is 4.25. The molecule has 8 nitrogen and oxygen atoms in total. The fourth-order valence-corrected chi connectivity index (χ4v) is 3.92. The van der Waals surface area contributed by atoms with Crippen molar-refractivity contribution in [3.63, 3.8) is 0 Å². The zero-order valence-corrected chi connectivity index (χ0v) is 16.3. The van der Waals surface area contributed by atoms with Gasteiger partial charge < -0.3 is 9.88 Å². The topological polar surface area (TPSA) is 106 Å². The Hall–Kier alpha value is -3.04. The molecule has 0 radical (unpaired) electrons. The average molecular weight is 399 g/mol. The van der Waals surface area contributed by atoms with E-state index in [1.165, 1.54) is 18.5 Å². The summed E-state index contributed by atoms with van der Waals surface area (Å²) in [6.45, 7) is 1.96. The van der Waals surface area contributed by atoms with E-state index in [4.69, 9.17) is 0 Å². The molecule has 0 bridgehead atoms. The maximum Gasteiger partial charge on any atom is 0.251 e. The van der Waals surface area contributed by atoms with Gasteiger partial charge in [-0.15, -0.1) is 10.2 Å². The van der Waals surface area contributed by atoms with Crippen LogP contribution in [0.15, 0.2) is 65.8 Å². The number of carbonyl (C=O) groups excluding carboxylic acids is 1. The van der Waals surface area contributed by atoms with Crippen molar-refractivity contribution < 1.29 is 13.2 Å². The Labute approximate surface area is 163 Å². The second kappa shape index (κ2) is 8.32. The molecule has 1 heterocycles. The molecule has 9 heteroatoms. The molecule has 28 heavy (non-hydrogen) atoms. The second-order valence-corrected chi connectivity index (χ2v) is 8.04. The summed E-state index contributed by atoms with van der Waals surface area (Å²) in [5.74, 6) is 0.201. The molecule has 1 unspecified atom stereocenters. The van der Waals surface area contributed by atoms with Crippen LogP contribution in [0.2, 0.25) is 0 Å². The summed E-state index contributed by atoms with van der Waals surface area (Å²) in [6.07, 6.45) is 1.54. The molecule has 3 aromatic rings. The number of nitrogens with one attached hydrogen (secondary N) is 2. The summed E-state index contributed by atoms with van der Waals surface area (Å²) in [5, 5.41) is 10.3. The van der Waals surface area contributed by atoms with Crippen molar-refractivity contribution in [1.29, 1.82) is 0 Å². The third-order valence-corrected chi connectivity index (χ3v) is 5.79. The Morgan fingerprint density at radius 3 is 2.57 bits per heavy atom. The lowest BCUT2D eigenvalue weighted by atomic mass is 10.1. The van der Waals surface area contributed by atoms with Crippen molar-refractivity contribution in [2.24, 2.45) is 7.05 Å². The van der Waals surface area contributed by atoms with Gasteiger partial charge in [0.25, 0.3) is 5.91 Å². The van der Waals surface area contributed by atoms with Crippen LogP contribution in [0.4, 0.5) is 0 Å². The van der Waals surface area contributed by atoms with E-state index in [-0.39, 0.29) is 17.0 Å². The molecular weight excluding hydrogens is 378 g/mol. The van der Waals surface area contributed by atoms with Crippen LogP contribution >= 0.6 is 0 Å². The molecule has 0 aliphatic rings. The number of rotatable bonds is 7. The minimum absolute atomic E-state index is 0.0292. The minimum atomic E-state index is -3.79. The highest BCUT2D eigenvalue weighted by Gasteiger charge is 2.20. The number of aromatic nitrogens is 3. The monoisotopic (exact) mass is 399 g/mol. The van der Waals surface area contributed by atoms with Crippen molar-refractivity contribution in [2.45, 2.75) is 24.4 Å². The number of benzene rings is 2. The normalized spacial score (nSPS) is 12.5. The van der Waals surface area contributed by atoms with Gasteiger partial charge in [-0.05, 0) is 30.7 Å². The number of nitrogens with zero attached hydrogens (tertiary/aromatic N) is 3. The molecule has 2 N–H and O–H groups in total. The maximum atomic E-state index is 12.7. The van der Waals surface area contributed by atoms with E-state index in [2.05, 4.69) is 20.2 Å². The molecule has 0 saturated heterocycles. The zero-order valence-electron chi connectivity index (χ0n) is 15.5. The fourth-order valence-electron chi connectivity index (χ4n) is 2.64. The van der Waals surface area contributed by atoms with Gasteiger partial charge in [0.15, 0.2) is 5.82 Å². The van der Waals surface area contributed by atoms with Crippen molar-refractivity contribution in [3.8, 4) is 0 Å². The van der Waals surface area contributed by atoms with Gasteiger partial charge in [-0.3, -0.25) is 4.79 Å². The molecule has 0 saturated carbocycles. The van der Waals surface area contributed by atoms with Crippen LogP contribution in [0, 0.1) is 0 Å². The first-order valence-corrected chi connectivity index (χ1v) is 10.1. The number of aryl methyl sites for hydroxylation is 1.